The van der Waals surface area contributed by atoms with E-state index in [4.69, 9.17) is 0 Å². The molecule has 4 nitrogen and oxygen atoms in total. The molecule has 0 spiro atoms. The summed E-state index contributed by atoms with van der Waals surface area (Å²) in [5, 5.41) is 1.15. The number of aromatic nitrogens is 1. The van der Waals surface area contributed by atoms with Crippen molar-refractivity contribution in [2.75, 3.05) is 32.1 Å². The molecule has 0 N–H and O–H groups in total. The van der Waals surface area contributed by atoms with E-state index in [2.05, 4.69) is 35.9 Å². The van der Waals surface area contributed by atoms with E-state index in [-0.39, 0.29) is 24.1 Å². The zero-order chi connectivity index (χ0) is 21.7. The lowest BCUT2D eigenvalue weighted by molar-refractivity contribution is -0.118. The van der Waals surface area contributed by atoms with Gasteiger partial charge in [-0.05, 0) is 63.0 Å². The van der Waals surface area contributed by atoms with Crippen LogP contribution in [-0.2, 0) is 11.2 Å². The van der Waals surface area contributed by atoms with Crippen LogP contribution in [0, 0.1) is 5.82 Å². The second-order valence-electron chi connectivity index (χ2n) is 7.80. The van der Waals surface area contributed by atoms with Gasteiger partial charge in [-0.2, -0.15) is 0 Å². The molecule has 31 heavy (non-hydrogen) atoms. The summed E-state index contributed by atoms with van der Waals surface area (Å²) in [7, 11) is 4.03. The highest BCUT2D eigenvalue weighted by molar-refractivity contribution is 7.99. The number of carbonyl (C=O) groups is 1. The molecular formula is C23H29ClFN3OS2. The highest BCUT2D eigenvalue weighted by Crippen LogP contribution is 2.30. The van der Waals surface area contributed by atoms with Gasteiger partial charge in [-0.15, -0.1) is 24.2 Å². The van der Waals surface area contributed by atoms with Crippen LogP contribution in [-0.4, -0.2) is 48.2 Å². The van der Waals surface area contributed by atoms with E-state index < -0.39 is 0 Å². The van der Waals surface area contributed by atoms with Crippen molar-refractivity contribution in [3.63, 3.8) is 0 Å². The SMILES string of the molecule is CC(C)Sc1ccc(CC(=O)N(CCCN(C)C)c2nc3ccc(F)cc3s2)cc1.Cl. The molecule has 0 saturated carbocycles. The first-order valence-electron chi connectivity index (χ1n) is 10.1. The van der Waals surface area contributed by atoms with Crippen molar-refractivity contribution < 1.29 is 9.18 Å². The molecule has 0 atom stereocenters. The predicted octanol–water partition coefficient (Wildman–Crippen LogP) is 5.89. The Morgan fingerprint density at radius 3 is 2.48 bits per heavy atom. The van der Waals surface area contributed by atoms with Gasteiger partial charge >= 0.3 is 0 Å². The summed E-state index contributed by atoms with van der Waals surface area (Å²) in [4.78, 5) is 22.9. The molecule has 3 rings (SSSR count). The molecular weight excluding hydrogens is 453 g/mol. The smallest absolute Gasteiger partial charge is 0.233 e. The number of hydrogen-bond donors (Lipinski definition) is 0. The van der Waals surface area contributed by atoms with Crippen LogP contribution in [0.2, 0.25) is 0 Å². The van der Waals surface area contributed by atoms with E-state index in [1.165, 1.54) is 28.4 Å². The number of thioether (sulfide) groups is 1. The highest BCUT2D eigenvalue weighted by Gasteiger charge is 2.20. The van der Waals surface area contributed by atoms with Gasteiger partial charge in [0.1, 0.15) is 5.82 Å². The van der Waals surface area contributed by atoms with E-state index in [0.29, 0.717) is 23.3 Å². The first-order chi connectivity index (χ1) is 14.3. The van der Waals surface area contributed by atoms with Gasteiger partial charge in [-0.1, -0.05) is 37.3 Å². The molecule has 1 heterocycles. The first-order valence-corrected chi connectivity index (χ1v) is 11.8. The summed E-state index contributed by atoms with van der Waals surface area (Å²) < 4.78 is 14.3. The Balaban J connectivity index is 0.00000341. The van der Waals surface area contributed by atoms with Gasteiger partial charge in [0.2, 0.25) is 5.91 Å². The molecule has 0 radical (unpaired) electrons. The molecule has 0 saturated heterocycles. The van der Waals surface area contributed by atoms with Crippen LogP contribution in [0.3, 0.4) is 0 Å². The Kier molecular flexibility index (Phi) is 9.75. The van der Waals surface area contributed by atoms with Gasteiger partial charge < -0.3 is 4.90 Å². The number of nitrogens with zero attached hydrogens (tertiary/aromatic N) is 3. The third-order valence-corrected chi connectivity index (χ3v) is 6.57. The van der Waals surface area contributed by atoms with Crippen molar-refractivity contribution in [2.24, 2.45) is 0 Å². The molecule has 0 unspecified atom stereocenters. The number of amides is 1. The average molecular weight is 482 g/mol. The van der Waals surface area contributed by atoms with E-state index >= 15 is 0 Å². The molecule has 1 amide bonds. The van der Waals surface area contributed by atoms with Crippen molar-refractivity contribution in [1.29, 1.82) is 0 Å². The lowest BCUT2D eigenvalue weighted by atomic mass is 10.1. The van der Waals surface area contributed by atoms with Crippen molar-refractivity contribution in [2.45, 2.75) is 36.8 Å². The minimum absolute atomic E-state index is 0. The van der Waals surface area contributed by atoms with Gasteiger partial charge in [-0.3, -0.25) is 9.69 Å². The highest BCUT2D eigenvalue weighted by atomic mass is 35.5. The number of anilines is 1. The Hall–Kier alpha value is -1.67. The average Bonchev–Trinajstić information content (AvgIpc) is 3.08. The van der Waals surface area contributed by atoms with Crippen LogP contribution in [0.15, 0.2) is 47.4 Å². The first kappa shape index (κ1) is 25.6. The zero-order valence-corrected chi connectivity index (χ0v) is 20.7. The van der Waals surface area contributed by atoms with Crippen molar-refractivity contribution >= 4 is 56.8 Å². The second-order valence-corrected chi connectivity index (χ2v) is 10.5. The molecule has 0 bridgehead atoms. The quantitative estimate of drug-likeness (QED) is 0.357. The molecule has 0 aliphatic heterocycles. The Morgan fingerprint density at radius 1 is 1.13 bits per heavy atom. The minimum Gasteiger partial charge on any atom is -0.309 e. The van der Waals surface area contributed by atoms with Crippen molar-refractivity contribution in [1.82, 2.24) is 9.88 Å². The molecule has 2 aromatic carbocycles. The van der Waals surface area contributed by atoms with Crippen LogP contribution < -0.4 is 4.90 Å². The summed E-state index contributed by atoms with van der Waals surface area (Å²) in [5.74, 6) is -0.278. The number of fused-ring (bicyclic) bond motifs is 1. The van der Waals surface area contributed by atoms with E-state index in [9.17, 15) is 9.18 Å². The van der Waals surface area contributed by atoms with E-state index in [0.717, 1.165) is 28.7 Å². The van der Waals surface area contributed by atoms with E-state index in [1.54, 1.807) is 11.0 Å². The standard InChI is InChI=1S/C23H28FN3OS2.ClH/c1-16(2)29-19-9-6-17(7-10-19)14-22(28)27(13-5-12-26(3)4)23-25-20-11-8-18(24)15-21(20)30-23;/h6-11,15-16H,5,12-14H2,1-4H3;1H. The number of rotatable bonds is 9. The summed E-state index contributed by atoms with van der Waals surface area (Å²) >= 11 is 3.17. The number of hydrogen-bond acceptors (Lipinski definition) is 5. The van der Waals surface area contributed by atoms with Crippen LogP contribution in [0.25, 0.3) is 10.2 Å². The largest absolute Gasteiger partial charge is 0.309 e. The molecule has 0 fully saturated rings. The lowest BCUT2D eigenvalue weighted by Crippen LogP contribution is -2.34. The molecule has 168 valence electrons. The topological polar surface area (TPSA) is 36.4 Å². The van der Waals surface area contributed by atoms with Gasteiger partial charge in [0.05, 0.1) is 16.6 Å². The predicted molar refractivity (Wildman–Crippen MR) is 133 cm³/mol. The van der Waals surface area contributed by atoms with Crippen LogP contribution >= 0.6 is 35.5 Å². The number of carbonyl (C=O) groups excluding carboxylic acids is 1. The normalized spacial score (nSPS) is 11.2. The third-order valence-electron chi connectivity index (χ3n) is 4.51. The van der Waals surface area contributed by atoms with Crippen LogP contribution in [0.4, 0.5) is 9.52 Å². The fourth-order valence-electron chi connectivity index (χ4n) is 3.10. The van der Waals surface area contributed by atoms with Crippen molar-refractivity contribution in [3.8, 4) is 0 Å². The van der Waals surface area contributed by atoms with E-state index in [1.807, 2.05) is 38.0 Å². The van der Waals surface area contributed by atoms with Crippen molar-refractivity contribution in [3.05, 3.63) is 53.8 Å². The number of halogens is 2. The maximum Gasteiger partial charge on any atom is 0.233 e. The lowest BCUT2D eigenvalue weighted by Gasteiger charge is -2.21. The van der Waals surface area contributed by atoms with Gasteiger partial charge in [0.15, 0.2) is 5.13 Å². The fraction of sp³-hybridized carbons (Fsp3) is 0.391. The number of thiazole rings is 1. The maximum absolute atomic E-state index is 13.6. The third kappa shape index (κ3) is 7.45. The van der Waals surface area contributed by atoms with Gasteiger partial charge in [0.25, 0.3) is 0 Å². The molecule has 0 aliphatic rings. The monoisotopic (exact) mass is 481 g/mol. The second kappa shape index (κ2) is 11.8. The molecule has 3 aromatic rings. The molecule has 1 aromatic heterocycles. The van der Waals surface area contributed by atoms with Crippen LogP contribution in [0.5, 0.6) is 0 Å². The number of benzene rings is 2. The summed E-state index contributed by atoms with van der Waals surface area (Å²) in [5.41, 5.74) is 1.70. The summed E-state index contributed by atoms with van der Waals surface area (Å²) in [6, 6.07) is 12.7. The molecule has 0 aliphatic carbocycles. The van der Waals surface area contributed by atoms with Gasteiger partial charge in [0, 0.05) is 16.7 Å². The fourth-order valence-corrected chi connectivity index (χ4v) is 4.97. The maximum atomic E-state index is 13.6. The summed E-state index contributed by atoms with van der Waals surface area (Å²) in [6.45, 7) is 5.79. The van der Waals surface area contributed by atoms with Crippen LogP contribution in [0.1, 0.15) is 25.8 Å². The van der Waals surface area contributed by atoms with Gasteiger partial charge in [-0.25, -0.2) is 9.37 Å². The molecule has 8 heteroatoms. The Labute approximate surface area is 198 Å². The Bertz CT molecular complexity index is 992. The summed E-state index contributed by atoms with van der Waals surface area (Å²) in [6.07, 6.45) is 1.16. The zero-order valence-electron chi connectivity index (χ0n) is 18.3. The minimum atomic E-state index is -0.289. The Morgan fingerprint density at radius 2 is 1.84 bits per heavy atom.